The molecule has 112 valence electrons. The molecule has 0 aliphatic carbocycles. The van der Waals surface area contributed by atoms with Gasteiger partial charge in [0.15, 0.2) is 0 Å². The fraction of sp³-hybridized carbons (Fsp3) is 0.438. The number of carbonyl (C=O) groups is 1. The first-order valence-electron chi connectivity index (χ1n) is 7.05. The molecule has 0 aliphatic heterocycles. The monoisotopic (exact) mass is 303 g/mol. The zero-order valence-corrected chi connectivity index (χ0v) is 13.7. The first-order chi connectivity index (χ1) is 9.86. The topological polar surface area (TPSA) is 54.9 Å². The summed E-state index contributed by atoms with van der Waals surface area (Å²) in [6.07, 6.45) is 0.439. The van der Waals surface area contributed by atoms with Crippen LogP contribution in [0.2, 0.25) is 0 Å². The third kappa shape index (κ3) is 4.36. The smallest absolute Gasteiger partial charge is 0.226 e. The number of carbonyl (C=O) groups excluding carboxylic acids is 1. The Hall–Kier alpha value is -1.75. The maximum absolute atomic E-state index is 12.1. The van der Waals surface area contributed by atoms with Crippen molar-refractivity contribution in [2.24, 2.45) is 0 Å². The number of nitrogens with one attached hydrogen (secondary N) is 1. The van der Waals surface area contributed by atoms with Crippen LogP contribution in [0.1, 0.15) is 50.6 Å². The predicted octanol–water partition coefficient (Wildman–Crippen LogP) is 3.97. The molecule has 1 aromatic heterocycles. The minimum atomic E-state index is -0.0437. The van der Waals surface area contributed by atoms with Crippen molar-refractivity contribution >= 4 is 22.4 Å². The van der Waals surface area contributed by atoms with Crippen LogP contribution in [0.15, 0.2) is 30.3 Å². The number of aromatic nitrogens is 2. The van der Waals surface area contributed by atoms with E-state index in [9.17, 15) is 4.79 Å². The molecule has 1 amide bonds. The van der Waals surface area contributed by atoms with Gasteiger partial charge in [-0.3, -0.25) is 4.79 Å². The van der Waals surface area contributed by atoms with Crippen LogP contribution in [0, 0.1) is 0 Å². The largest absolute Gasteiger partial charge is 0.301 e. The molecule has 0 aliphatic rings. The molecule has 0 saturated heterocycles. The Morgan fingerprint density at radius 3 is 2.48 bits per heavy atom. The van der Waals surface area contributed by atoms with Gasteiger partial charge in [0, 0.05) is 11.8 Å². The van der Waals surface area contributed by atoms with E-state index in [1.165, 1.54) is 16.9 Å². The van der Waals surface area contributed by atoms with Crippen molar-refractivity contribution in [2.45, 2.75) is 45.4 Å². The fourth-order valence-corrected chi connectivity index (χ4v) is 2.74. The summed E-state index contributed by atoms with van der Waals surface area (Å²) in [5.41, 5.74) is 1.12. The molecular formula is C16H21N3OS. The summed E-state index contributed by atoms with van der Waals surface area (Å²) in [4.78, 5) is 12.1. The Morgan fingerprint density at radius 2 is 1.90 bits per heavy atom. The SMILES string of the molecule is CC(CC(=O)Nc1nnc(C(C)(C)C)s1)c1ccccc1. The van der Waals surface area contributed by atoms with E-state index in [4.69, 9.17) is 0 Å². The van der Waals surface area contributed by atoms with E-state index >= 15 is 0 Å². The molecule has 1 N–H and O–H groups in total. The average molecular weight is 303 g/mol. The van der Waals surface area contributed by atoms with Crippen molar-refractivity contribution in [3.05, 3.63) is 40.9 Å². The highest BCUT2D eigenvalue weighted by atomic mass is 32.1. The van der Waals surface area contributed by atoms with Gasteiger partial charge in [-0.15, -0.1) is 10.2 Å². The molecule has 4 nitrogen and oxygen atoms in total. The molecule has 0 radical (unpaired) electrons. The van der Waals surface area contributed by atoms with Gasteiger partial charge in [-0.05, 0) is 11.5 Å². The Balaban J connectivity index is 1.94. The first-order valence-corrected chi connectivity index (χ1v) is 7.86. The molecule has 0 fully saturated rings. The summed E-state index contributed by atoms with van der Waals surface area (Å²) >= 11 is 1.44. The highest BCUT2D eigenvalue weighted by Gasteiger charge is 2.20. The quantitative estimate of drug-likeness (QED) is 0.930. The first kappa shape index (κ1) is 15.6. The minimum Gasteiger partial charge on any atom is -0.301 e. The third-order valence-corrected chi connectivity index (χ3v) is 4.44. The van der Waals surface area contributed by atoms with Crippen molar-refractivity contribution in [3.63, 3.8) is 0 Å². The van der Waals surface area contributed by atoms with Gasteiger partial charge in [-0.1, -0.05) is 69.4 Å². The van der Waals surface area contributed by atoms with E-state index in [1.54, 1.807) is 0 Å². The van der Waals surface area contributed by atoms with Gasteiger partial charge >= 0.3 is 0 Å². The Morgan fingerprint density at radius 1 is 1.24 bits per heavy atom. The Labute approximate surface area is 129 Å². The molecule has 2 rings (SSSR count). The second-order valence-electron chi connectivity index (χ2n) is 6.23. The fourth-order valence-electron chi connectivity index (χ4n) is 1.92. The molecule has 2 aromatic rings. The van der Waals surface area contributed by atoms with Crippen molar-refractivity contribution in [1.29, 1.82) is 0 Å². The summed E-state index contributed by atoms with van der Waals surface area (Å²) in [5, 5.41) is 12.5. The van der Waals surface area contributed by atoms with E-state index in [-0.39, 0.29) is 17.2 Å². The lowest BCUT2D eigenvalue weighted by atomic mass is 9.98. The molecule has 1 atom stereocenters. The third-order valence-electron chi connectivity index (χ3n) is 3.17. The van der Waals surface area contributed by atoms with Gasteiger partial charge in [0.2, 0.25) is 11.0 Å². The molecule has 1 unspecified atom stereocenters. The number of hydrogen-bond acceptors (Lipinski definition) is 4. The van der Waals surface area contributed by atoms with E-state index in [2.05, 4.69) is 43.2 Å². The van der Waals surface area contributed by atoms with Crippen LogP contribution in [-0.2, 0) is 10.2 Å². The van der Waals surface area contributed by atoms with E-state index < -0.39 is 0 Å². The van der Waals surface area contributed by atoms with E-state index in [1.807, 2.05) is 30.3 Å². The van der Waals surface area contributed by atoms with Gasteiger partial charge < -0.3 is 5.32 Å². The minimum absolute atomic E-state index is 0.0250. The molecule has 5 heteroatoms. The summed E-state index contributed by atoms with van der Waals surface area (Å²) in [6.45, 7) is 8.29. The molecule has 0 spiro atoms. The summed E-state index contributed by atoms with van der Waals surface area (Å²) < 4.78 is 0. The number of benzene rings is 1. The van der Waals surface area contributed by atoms with Gasteiger partial charge in [-0.25, -0.2) is 0 Å². The molecule has 1 heterocycles. The second kappa shape index (κ2) is 6.35. The van der Waals surface area contributed by atoms with Crippen molar-refractivity contribution in [1.82, 2.24) is 10.2 Å². The Kier molecular flexibility index (Phi) is 4.73. The molecular weight excluding hydrogens is 282 g/mol. The number of nitrogens with zero attached hydrogens (tertiary/aromatic N) is 2. The van der Waals surface area contributed by atoms with Crippen molar-refractivity contribution in [2.75, 3.05) is 5.32 Å². The lowest BCUT2D eigenvalue weighted by Crippen LogP contribution is -2.14. The maximum Gasteiger partial charge on any atom is 0.226 e. The number of hydrogen-bond donors (Lipinski definition) is 1. The lowest BCUT2D eigenvalue weighted by Gasteiger charge is -2.12. The van der Waals surface area contributed by atoms with Crippen LogP contribution in [0.25, 0.3) is 0 Å². The standard InChI is InChI=1S/C16H21N3OS/c1-11(12-8-6-5-7-9-12)10-13(20)17-15-19-18-14(21-15)16(2,3)4/h5-9,11H,10H2,1-4H3,(H,17,19,20). The zero-order valence-electron chi connectivity index (χ0n) is 12.9. The van der Waals surface area contributed by atoms with Crippen LogP contribution in [0.5, 0.6) is 0 Å². The average Bonchev–Trinajstić information content (AvgIpc) is 2.88. The number of amides is 1. The molecule has 0 bridgehead atoms. The normalized spacial score (nSPS) is 13.0. The molecule has 21 heavy (non-hydrogen) atoms. The zero-order chi connectivity index (χ0) is 15.5. The van der Waals surface area contributed by atoms with Crippen molar-refractivity contribution in [3.8, 4) is 0 Å². The number of anilines is 1. The van der Waals surface area contributed by atoms with Gasteiger partial charge in [-0.2, -0.15) is 0 Å². The second-order valence-corrected chi connectivity index (χ2v) is 7.20. The predicted molar refractivity (Wildman–Crippen MR) is 86.7 cm³/mol. The Bertz CT molecular complexity index is 601. The van der Waals surface area contributed by atoms with Crippen molar-refractivity contribution < 1.29 is 4.79 Å². The summed E-state index contributed by atoms with van der Waals surface area (Å²) in [5.74, 6) is 0.157. The van der Waals surface area contributed by atoms with Crippen LogP contribution in [0.4, 0.5) is 5.13 Å². The highest BCUT2D eigenvalue weighted by Crippen LogP contribution is 2.28. The number of rotatable bonds is 4. The van der Waals surface area contributed by atoms with Crippen LogP contribution < -0.4 is 5.32 Å². The van der Waals surface area contributed by atoms with Gasteiger partial charge in [0.05, 0.1) is 0 Å². The van der Waals surface area contributed by atoms with Crippen LogP contribution in [0.3, 0.4) is 0 Å². The van der Waals surface area contributed by atoms with E-state index in [0.717, 1.165) is 5.01 Å². The van der Waals surface area contributed by atoms with Gasteiger partial charge in [0.25, 0.3) is 0 Å². The van der Waals surface area contributed by atoms with Crippen LogP contribution >= 0.6 is 11.3 Å². The highest BCUT2D eigenvalue weighted by molar-refractivity contribution is 7.15. The summed E-state index contributed by atoms with van der Waals surface area (Å²) in [6, 6.07) is 10.0. The van der Waals surface area contributed by atoms with Gasteiger partial charge in [0.1, 0.15) is 5.01 Å². The van der Waals surface area contributed by atoms with E-state index in [0.29, 0.717) is 11.6 Å². The lowest BCUT2D eigenvalue weighted by molar-refractivity contribution is -0.116. The molecule has 0 saturated carbocycles. The summed E-state index contributed by atoms with van der Waals surface area (Å²) in [7, 11) is 0. The maximum atomic E-state index is 12.1. The van der Waals surface area contributed by atoms with Crippen LogP contribution in [-0.4, -0.2) is 16.1 Å². The molecule has 1 aromatic carbocycles.